The summed E-state index contributed by atoms with van der Waals surface area (Å²) < 4.78 is 9.70. The van der Waals surface area contributed by atoms with E-state index in [0.29, 0.717) is 12.0 Å². The number of aromatic hydroxyl groups is 1. The summed E-state index contributed by atoms with van der Waals surface area (Å²) in [5.41, 5.74) is -0.202. The van der Waals surface area contributed by atoms with E-state index in [-0.39, 0.29) is 63.6 Å². The number of carbonyl (C=O) groups excluding carboxylic acids is 2. The molecular formula is C17H23BINO5PY-. The first-order valence-corrected chi connectivity index (χ1v) is 12.3. The molecule has 0 aromatic heterocycles. The second-order valence-electron chi connectivity index (χ2n) is 6.05. The number of nitrogens with zero attached hydrogens (tertiary/aromatic N) is 1. The van der Waals surface area contributed by atoms with Crippen LogP contribution in [0.2, 0.25) is 0 Å². The van der Waals surface area contributed by atoms with E-state index in [9.17, 15) is 14.7 Å². The van der Waals surface area contributed by atoms with Crippen molar-refractivity contribution in [2.24, 2.45) is 0 Å². The average Bonchev–Trinajstić information content (AvgIpc) is 2.59. The molecule has 1 rings (SSSR count). The Bertz CT molecular complexity index is 623. The third-order valence-electron chi connectivity index (χ3n) is 4.08. The van der Waals surface area contributed by atoms with Crippen molar-refractivity contribution in [2.45, 2.75) is 45.3 Å². The predicted octanol–water partition coefficient (Wildman–Crippen LogP) is 2.61. The van der Waals surface area contributed by atoms with Crippen LogP contribution in [-0.4, -0.2) is 55.8 Å². The van der Waals surface area contributed by atoms with E-state index in [1.807, 2.05) is 31.7 Å². The molecule has 0 fully saturated rings. The van der Waals surface area contributed by atoms with Crippen molar-refractivity contribution >= 4 is 52.8 Å². The largest absolute Gasteiger partial charge is 0.534 e. The Morgan fingerprint density at radius 3 is 2.59 bits per heavy atom. The molecule has 1 N–H and O–H groups in total. The molecular weight excluding hydrogens is 556 g/mol. The van der Waals surface area contributed by atoms with Gasteiger partial charge in [-0.25, -0.2) is 0 Å². The average molecular weight is 579 g/mol. The number of benzene rings is 1. The van der Waals surface area contributed by atoms with Gasteiger partial charge in [-0.15, -0.1) is 16.8 Å². The quantitative estimate of drug-likeness (QED) is 0.115. The van der Waals surface area contributed by atoms with Crippen molar-refractivity contribution in [1.82, 2.24) is 4.90 Å². The Morgan fingerprint density at radius 1 is 1.48 bits per heavy atom. The van der Waals surface area contributed by atoms with Gasteiger partial charge in [0.2, 0.25) is 0 Å². The van der Waals surface area contributed by atoms with Gasteiger partial charge in [-0.1, -0.05) is 34.5 Å². The van der Waals surface area contributed by atoms with Crippen LogP contribution >= 0.6 is 27.5 Å². The number of phenols is 1. The van der Waals surface area contributed by atoms with Gasteiger partial charge in [0.25, 0.3) is 6.47 Å². The minimum atomic E-state index is -0.861. The molecule has 0 heterocycles. The topological polar surface area (TPSA) is 76.1 Å². The second kappa shape index (κ2) is 13.5. The Kier molecular flexibility index (Phi) is 13.6. The van der Waals surface area contributed by atoms with Crippen LogP contribution in [0.25, 0.3) is 0 Å². The van der Waals surface area contributed by atoms with Gasteiger partial charge in [0.05, 0.1) is 19.6 Å². The van der Waals surface area contributed by atoms with Crippen molar-refractivity contribution in [3.05, 3.63) is 23.8 Å². The summed E-state index contributed by atoms with van der Waals surface area (Å²) in [4.78, 5) is 24.5. The molecule has 3 unspecified atom stereocenters. The molecule has 0 aliphatic carbocycles. The summed E-state index contributed by atoms with van der Waals surface area (Å²) in [7, 11) is 7.31. The van der Waals surface area contributed by atoms with E-state index in [1.165, 1.54) is 7.11 Å². The van der Waals surface area contributed by atoms with Crippen molar-refractivity contribution in [3.8, 4) is 5.75 Å². The summed E-state index contributed by atoms with van der Waals surface area (Å²) in [5, 5.41) is 11.2. The van der Waals surface area contributed by atoms with Crippen LogP contribution < -0.4 is 5.30 Å². The molecule has 0 saturated carbocycles. The number of hydrogen-bond donors (Lipinski definition) is 1. The van der Waals surface area contributed by atoms with E-state index in [1.54, 1.807) is 6.07 Å². The first-order valence-electron chi connectivity index (χ1n) is 8.07. The van der Waals surface area contributed by atoms with E-state index in [0.717, 1.165) is 5.30 Å². The summed E-state index contributed by atoms with van der Waals surface area (Å²) in [6.45, 7) is 6.27. The zero-order chi connectivity index (χ0) is 19.9. The van der Waals surface area contributed by atoms with Crippen LogP contribution in [0.1, 0.15) is 38.8 Å². The van der Waals surface area contributed by atoms with Gasteiger partial charge in [-0.05, 0) is 19.9 Å². The van der Waals surface area contributed by atoms with Crippen LogP contribution in [0.15, 0.2) is 12.1 Å². The molecule has 3 atom stereocenters. The minimum absolute atomic E-state index is 0. The number of esters is 1. The Balaban J connectivity index is 0.00000676. The molecule has 0 bridgehead atoms. The van der Waals surface area contributed by atoms with Crippen LogP contribution in [0.4, 0.5) is 0 Å². The molecule has 1 aromatic carbocycles. The van der Waals surface area contributed by atoms with Gasteiger partial charge in [0.15, 0.2) is 0 Å². The summed E-state index contributed by atoms with van der Waals surface area (Å²) in [5.74, 6) is -0.363. The zero-order valence-corrected chi connectivity index (χ0v) is 21.8. The second-order valence-corrected chi connectivity index (χ2v) is 10.3. The van der Waals surface area contributed by atoms with E-state index in [2.05, 4.69) is 28.1 Å². The van der Waals surface area contributed by atoms with Gasteiger partial charge in [-0.3, -0.25) is 14.5 Å². The number of ether oxygens (including phenoxy) is 2. The number of rotatable bonds is 10. The standard InChI is InChI=1S/C17H23BINO5P.Y/c1-11(2)20(13(9-25-10-21)7-17(23)24-4)12(3)15-8-14(26(18)19)5-6-16(15)22;/h5,8,10-13,22H,7,9H2,1-4H3;/q-1;. The Morgan fingerprint density at radius 2 is 2.11 bits per heavy atom. The van der Waals surface area contributed by atoms with Gasteiger partial charge < -0.3 is 14.6 Å². The number of hydrogen-bond acceptors (Lipinski definition) is 6. The first-order chi connectivity index (χ1) is 12.2. The first kappa shape index (κ1) is 27.2. The maximum absolute atomic E-state index is 11.8. The van der Waals surface area contributed by atoms with Gasteiger partial charge in [-0.2, -0.15) is 12.1 Å². The third-order valence-corrected chi connectivity index (χ3v) is 6.50. The van der Waals surface area contributed by atoms with Crippen LogP contribution in [0, 0.1) is 6.07 Å². The molecule has 0 aliphatic heterocycles. The predicted molar refractivity (Wildman–Crippen MR) is 111 cm³/mol. The summed E-state index contributed by atoms with van der Waals surface area (Å²) >= 11 is 2.15. The number of carbonyl (C=O) groups is 2. The SMILES string of the molecule is [B]P(I)c1c[c-]c(O)c(C(C)N(C(C)C)C(COC=O)CC(=O)OC)c1.[Y]. The van der Waals surface area contributed by atoms with Crippen LogP contribution in [0.3, 0.4) is 0 Å². The maximum Gasteiger partial charge on any atom is 0.307 e. The van der Waals surface area contributed by atoms with Crippen molar-refractivity contribution < 1.29 is 56.9 Å². The molecule has 3 radical (unpaired) electrons. The Hall–Kier alpha value is 0.249. The fraction of sp³-hybridized carbons (Fsp3) is 0.529. The monoisotopic (exact) mass is 579 g/mol. The summed E-state index contributed by atoms with van der Waals surface area (Å²) in [6.07, 6.45) is 0.0624. The molecule has 0 saturated heterocycles. The molecule has 145 valence electrons. The molecule has 1 aromatic rings. The number of methoxy groups -OCH3 is 1. The molecule has 0 spiro atoms. The van der Waals surface area contributed by atoms with E-state index in [4.69, 9.17) is 17.0 Å². The van der Waals surface area contributed by atoms with E-state index < -0.39 is 17.5 Å². The van der Waals surface area contributed by atoms with Crippen LogP contribution in [-0.2, 0) is 51.8 Å². The van der Waals surface area contributed by atoms with Gasteiger partial charge in [0.1, 0.15) is 14.2 Å². The van der Waals surface area contributed by atoms with E-state index >= 15 is 0 Å². The third kappa shape index (κ3) is 8.25. The van der Waals surface area contributed by atoms with Crippen molar-refractivity contribution in [2.75, 3.05) is 13.7 Å². The number of phenolic OH excluding ortho intramolecular Hbond substituents is 1. The van der Waals surface area contributed by atoms with Crippen molar-refractivity contribution in [3.63, 3.8) is 0 Å². The van der Waals surface area contributed by atoms with Gasteiger partial charge in [0, 0.05) is 44.5 Å². The molecule has 10 heteroatoms. The fourth-order valence-electron chi connectivity index (χ4n) is 2.96. The Labute approximate surface area is 201 Å². The zero-order valence-electron chi connectivity index (χ0n) is 15.9. The smallest absolute Gasteiger partial charge is 0.307 e. The minimum Gasteiger partial charge on any atom is -0.534 e. The molecule has 0 aliphatic rings. The molecule has 27 heavy (non-hydrogen) atoms. The van der Waals surface area contributed by atoms with Crippen molar-refractivity contribution in [1.29, 1.82) is 0 Å². The summed E-state index contributed by atoms with van der Waals surface area (Å²) in [6, 6.07) is 5.74. The van der Waals surface area contributed by atoms with Crippen LogP contribution in [0.5, 0.6) is 5.75 Å². The fourth-order valence-corrected chi connectivity index (χ4v) is 4.24. The van der Waals surface area contributed by atoms with Gasteiger partial charge >= 0.3 is 5.97 Å². The number of halogens is 1. The maximum atomic E-state index is 11.8. The normalized spacial score (nSPS) is 14.2. The molecule has 0 amide bonds. The molecule has 6 nitrogen and oxygen atoms in total.